The van der Waals surface area contributed by atoms with Gasteiger partial charge in [-0.05, 0) is 37.6 Å². The van der Waals surface area contributed by atoms with Crippen molar-refractivity contribution in [3.8, 4) is 11.5 Å². The van der Waals surface area contributed by atoms with Crippen LogP contribution >= 0.6 is 0 Å². The molecule has 1 saturated carbocycles. The molecule has 0 radical (unpaired) electrons. The summed E-state index contributed by atoms with van der Waals surface area (Å²) < 4.78 is 16.4. The lowest BCUT2D eigenvalue weighted by atomic mass is 9.87. The molecule has 1 amide bonds. The maximum atomic E-state index is 12.8. The number of hydrogen-bond donors (Lipinski definition) is 1. The average molecular weight is 386 g/mol. The van der Waals surface area contributed by atoms with Gasteiger partial charge in [0.05, 0.1) is 18.6 Å². The zero-order chi connectivity index (χ0) is 19.6. The van der Waals surface area contributed by atoms with Crippen LogP contribution in [0.25, 0.3) is 0 Å². The van der Waals surface area contributed by atoms with Gasteiger partial charge >= 0.3 is 0 Å². The van der Waals surface area contributed by atoms with E-state index < -0.39 is 0 Å². The predicted octanol–water partition coefficient (Wildman–Crippen LogP) is 2.17. The summed E-state index contributed by atoms with van der Waals surface area (Å²) in [7, 11) is 1.87. The van der Waals surface area contributed by atoms with Crippen LogP contribution in [-0.4, -0.2) is 47.8 Å². The minimum absolute atomic E-state index is 0.0143. The second kappa shape index (κ2) is 7.79. The van der Waals surface area contributed by atoms with Crippen molar-refractivity contribution in [2.75, 3.05) is 26.8 Å². The van der Waals surface area contributed by atoms with Crippen LogP contribution in [0.4, 0.5) is 0 Å². The lowest BCUT2D eigenvalue weighted by Crippen LogP contribution is -2.47. The average Bonchev–Trinajstić information content (AvgIpc) is 3.31. The number of nitrogens with zero attached hydrogens (tertiary/aromatic N) is 3. The molecule has 150 valence electrons. The van der Waals surface area contributed by atoms with Crippen LogP contribution in [0, 0.1) is 6.92 Å². The van der Waals surface area contributed by atoms with Gasteiger partial charge in [0.2, 0.25) is 11.8 Å². The van der Waals surface area contributed by atoms with E-state index in [0.29, 0.717) is 31.5 Å². The molecule has 0 saturated heterocycles. The normalized spacial score (nSPS) is 17.7. The minimum atomic E-state index is -0.351. The molecule has 28 heavy (non-hydrogen) atoms. The molecule has 2 aromatic rings. The molecular weight excluding hydrogens is 360 g/mol. The number of hydrogen-bond acceptors (Lipinski definition) is 7. The van der Waals surface area contributed by atoms with Crippen molar-refractivity contribution in [3.63, 3.8) is 0 Å². The van der Waals surface area contributed by atoms with Gasteiger partial charge in [0.15, 0.2) is 17.3 Å². The molecule has 0 spiro atoms. The number of nitrogens with one attached hydrogen (secondary N) is 1. The van der Waals surface area contributed by atoms with E-state index in [0.717, 1.165) is 42.7 Å². The fraction of sp³-hybridized carbons (Fsp3) is 0.550. The maximum absolute atomic E-state index is 12.8. The molecule has 8 nitrogen and oxygen atoms in total. The van der Waals surface area contributed by atoms with Crippen LogP contribution in [0.1, 0.15) is 43.0 Å². The summed E-state index contributed by atoms with van der Waals surface area (Å²) in [5.41, 5.74) is 0.732. The fourth-order valence-electron chi connectivity index (χ4n) is 4.06. The highest BCUT2D eigenvalue weighted by Gasteiger charge is 2.38. The molecule has 2 aliphatic rings. The summed E-state index contributed by atoms with van der Waals surface area (Å²) in [4.78, 5) is 18.9. The zero-order valence-electron chi connectivity index (χ0n) is 16.4. The molecule has 1 aromatic carbocycles. The maximum Gasteiger partial charge on any atom is 0.234 e. The Morgan fingerprint density at radius 2 is 1.96 bits per heavy atom. The summed E-state index contributed by atoms with van der Waals surface area (Å²) in [5, 5.41) is 7.18. The molecule has 0 bridgehead atoms. The van der Waals surface area contributed by atoms with E-state index in [1.165, 1.54) is 0 Å². The van der Waals surface area contributed by atoms with Crippen molar-refractivity contribution < 1.29 is 18.8 Å². The molecule has 1 aromatic heterocycles. The standard InChI is InChI=1S/C20H26N4O4/c1-14-21-18(23-28-14)12-24(2)13-19(25)22-20(7-3-4-8-20)15-5-6-16-17(11-15)27-10-9-26-16/h5-6,11H,3-4,7-10,12-13H2,1-2H3,(H,22,25). The number of aromatic nitrogens is 2. The summed E-state index contributed by atoms with van der Waals surface area (Å²) in [6.07, 6.45) is 4.03. The van der Waals surface area contributed by atoms with Gasteiger partial charge in [0, 0.05) is 6.92 Å². The van der Waals surface area contributed by atoms with Crippen molar-refractivity contribution in [1.29, 1.82) is 0 Å². The molecule has 8 heteroatoms. The number of carbonyl (C=O) groups is 1. The van der Waals surface area contributed by atoms with Gasteiger partial charge in [0.25, 0.3) is 0 Å². The number of likely N-dealkylation sites (N-methyl/N-ethyl adjacent to an activating group) is 1. The fourth-order valence-corrected chi connectivity index (χ4v) is 4.06. The highest BCUT2D eigenvalue weighted by Crippen LogP contribution is 2.42. The molecule has 0 atom stereocenters. The number of aryl methyl sites for hydroxylation is 1. The van der Waals surface area contributed by atoms with Crippen LogP contribution in [0.5, 0.6) is 11.5 Å². The van der Waals surface area contributed by atoms with Crippen molar-refractivity contribution in [1.82, 2.24) is 20.4 Å². The van der Waals surface area contributed by atoms with E-state index in [-0.39, 0.29) is 18.0 Å². The number of rotatable bonds is 6. The number of ether oxygens (including phenoxy) is 2. The minimum Gasteiger partial charge on any atom is -0.486 e. The van der Waals surface area contributed by atoms with Crippen LogP contribution in [0.2, 0.25) is 0 Å². The van der Waals surface area contributed by atoms with Crippen LogP contribution in [-0.2, 0) is 16.9 Å². The Labute approximate surface area is 164 Å². The zero-order valence-corrected chi connectivity index (χ0v) is 16.4. The molecule has 1 N–H and O–H groups in total. The van der Waals surface area contributed by atoms with Gasteiger partial charge in [-0.2, -0.15) is 4.98 Å². The third kappa shape index (κ3) is 3.96. The highest BCUT2D eigenvalue weighted by molar-refractivity contribution is 5.79. The van der Waals surface area contributed by atoms with Gasteiger partial charge in [-0.15, -0.1) is 0 Å². The van der Waals surface area contributed by atoms with Gasteiger partial charge in [0.1, 0.15) is 13.2 Å². The molecule has 2 heterocycles. The Morgan fingerprint density at radius 3 is 2.68 bits per heavy atom. The van der Waals surface area contributed by atoms with E-state index in [2.05, 4.69) is 15.5 Å². The Bertz CT molecular complexity index is 844. The molecule has 1 aliphatic carbocycles. The van der Waals surface area contributed by atoms with Crippen molar-refractivity contribution in [2.24, 2.45) is 0 Å². The Morgan fingerprint density at radius 1 is 1.21 bits per heavy atom. The SMILES string of the molecule is Cc1nc(CN(C)CC(=O)NC2(c3ccc4c(c3)OCCO4)CCCC2)no1. The van der Waals surface area contributed by atoms with E-state index in [1.807, 2.05) is 30.1 Å². The van der Waals surface area contributed by atoms with Crippen molar-refractivity contribution in [2.45, 2.75) is 44.7 Å². The Balaban J connectivity index is 1.45. The molecule has 1 aliphatic heterocycles. The van der Waals surface area contributed by atoms with Gasteiger partial charge < -0.3 is 19.3 Å². The monoisotopic (exact) mass is 386 g/mol. The topological polar surface area (TPSA) is 89.7 Å². The van der Waals surface area contributed by atoms with E-state index in [4.69, 9.17) is 14.0 Å². The first-order chi connectivity index (χ1) is 13.5. The third-order valence-corrected chi connectivity index (χ3v) is 5.33. The predicted molar refractivity (Wildman–Crippen MR) is 101 cm³/mol. The Kier molecular flexibility index (Phi) is 5.21. The highest BCUT2D eigenvalue weighted by atomic mass is 16.6. The van der Waals surface area contributed by atoms with E-state index >= 15 is 0 Å². The lowest BCUT2D eigenvalue weighted by Gasteiger charge is -2.33. The van der Waals surface area contributed by atoms with E-state index in [9.17, 15) is 4.79 Å². The summed E-state index contributed by atoms with van der Waals surface area (Å²) in [5.74, 6) is 2.62. The van der Waals surface area contributed by atoms with Gasteiger partial charge in [-0.3, -0.25) is 9.69 Å². The number of carbonyl (C=O) groups excluding carboxylic acids is 1. The molecule has 0 unspecified atom stereocenters. The first kappa shape index (κ1) is 18.7. The van der Waals surface area contributed by atoms with Gasteiger partial charge in [-0.1, -0.05) is 24.1 Å². The first-order valence-electron chi connectivity index (χ1n) is 9.73. The van der Waals surface area contributed by atoms with Crippen molar-refractivity contribution in [3.05, 3.63) is 35.5 Å². The smallest absolute Gasteiger partial charge is 0.234 e. The third-order valence-electron chi connectivity index (χ3n) is 5.33. The summed E-state index contributed by atoms with van der Waals surface area (Å²) >= 11 is 0. The molecular formula is C20H26N4O4. The summed E-state index contributed by atoms with van der Waals surface area (Å²) in [6.45, 7) is 3.60. The number of benzene rings is 1. The Hall–Kier alpha value is -2.61. The number of fused-ring (bicyclic) bond motifs is 1. The number of amides is 1. The quantitative estimate of drug-likeness (QED) is 0.814. The van der Waals surface area contributed by atoms with Gasteiger partial charge in [-0.25, -0.2) is 0 Å². The largest absolute Gasteiger partial charge is 0.486 e. The molecule has 1 fully saturated rings. The summed E-state index contributed by atoms with van der Waals surface area (Å²) in [6, 6.07) is 6.01. The second-order valence-electron chi connectivity index (χ2n) is 7.60. The second-order valence-corrected chi connectivity index (χ2v) is 7.60. The first-order valence-corrected chi connectivity index (χ1v) is 9.73. The van der Waals surface area contributed by atoms with Crippen molar-refractivity contribution >= 4 is 5.91 Å². The van der Waals surface area contributed by atoms with E-state index in [1.54, 1.807) is 6.92 Å². The lowest BCUT2D eigenvalue weighted by molar-refractivity contribution is -0.124. The van der Waals surface area contributed by atoms with Crippen LogP contribution in [0.15, 0.2) is 22.7 Å². The van der Waals surface area contributed by atoms with Crippen LogP contribution in [0.3, 0.4) is 0 Å². The van der Waals surface area contributed by atoms with Crippen LogP contribution < -0.4 is 14.8 Å². The molecule has 4 rings (SSSR count).